The van der Waals surface area contributed by atoms with Gasteiger partial charge in [0.1, 0.15) is 0 Å². The van der Waals surface area contributed by atoms with Crippen molar-refractivity contribution in [1.82, 2.24) is 10.2 Å². The Hall–Kier alpha value is -1.14. The fraction of sp³-hybridized carbons (Fsp3) is 0.733. The third-order valence-corrected chi connectivity index (χ3v) is 4.85. The highest BCUT2D eigenvalue weighted by Crippen LogP contribution is 2.36. The lowest BCUT2D eigenvalue weighted by atomic mass is 9.84. The molecule has 0 saturated carbocycles. The highest BCUT2D eigenvalue weighted by atomic mass is 16.7. The van der Waals surface area contributed by atoms with Crippen LogP contribution in [0.5, 0.6) is 0 Å². The number of hydrogen-bond acceptors (Lipinski definition) is 5. The molecule has 5 nitrogen and oxygen atoms in total. The molecule has 0 unspecified atom stereocenters. The van der Waals surface area contributed by atoms with E-state index in [0.29, 0.717) is 0 Å². The van der Waals surface area contributed by atoms with Crippen LogP contribution in [-0.4, -0.2) is 41.6 Å². The molecule has 3 rings (SSSR count). The fourth-order valence-corrected chi connectivity index (χ4v) is 2.72. The van der Waals surface area contributed by atoms with Crippen LogP contribution in [0.3, 0.4) is 0 Å². The summed E-state index contributed by atoms with van der Waals surface area (Å²) < 4.78 is 12.0. The largest absolute Gasteiger partial charge is 0.516 e. The van der Waals surface area contributed by atoms with Crippen LogP contribution >= 0.6 is 0 Å². The Morgan fingerprint density at radius 3 is 2.10 bits per heavy atom. The lowest BCUT2D eigenvalue weighted by Gasteiger charge is -2.32. The van der Waals surface area contributed by atoms with Crippen molar-refractivity contribution in [2.24, 2.45) is 0 Å². The van der Waals surface area contributed by atoms with Crippen molar-refractivity contribution in [1.29, 1.82) is 0 Å². The van der Waals surface area contributed by atoms with E-state index in [1.54, 1.807) is 0 Å². The molecule has 1 aromatic heterocycles. The van der Waals surface area contributed by atoms with E-state index in [1.165, 1.54) is 19.3 Å². The first-order valence-corrected chi connectivity index (χ1v) is 7.83. The average Bonchev–Trinajstić information content (AvgIpc) is 2.69. The molecular formula is C15H24BN3O2. The Balaban J connectivity index is 1.73. The maximum Gasteiger partial charge on any atom is 0.516 e. The van der Waals surface area contributed by atoms with Crippen molar-refractivity contribution >= 4 is 18.5 Å². The molecule has 0 aliphatic carbocycles. The Kier molecular flexibility index (Phi) is 3.70. The first-order chi connectivity index (χ1) is 9.89. The molecule has 1 aromatic rings. The lowest BCUT2D eigenvalue weighted by Crippen LogP contribution is -2.41. The molecule has 0 radical (unpaired) electrons. The van der Waals surface area contributed by atoms with Crippen molar-refractivity contribution in [2.75, 3.05) is 18.0 Å². The molecule has 0 atom stereocenters. The number of piperidine rings is 1. The van der Waals surface area contributed by atoms with Crippen LogP contribution in [0.15, 0.2) is 12.1 Å². The predicted octanol–water partition coefficient (Wildman–Crippen LogP) is 1.77. The second kappa shape index (κ2) is 5.25. The van der Waals surface area contributed by atoms with E-state index in [2.05, 4.69) is 15.1 Å². The van der Waals surface area contributed by atoms with Gasteiger partial charge in [-0.25, -0.2) is 0 Å². The minimum Gasteiger partial charge on any atom is -0.398 e. The Morgan fingerprint density at radius 2 is 1.57 bits per heavy atom. The van der Waals surface area contributed by atoms with Crippen LogP contribution in [-0.2, 0) is 9.31 Å². The zero-order valence-corrected chi connectivity index (χ0v) is 13.4. The van der Waals surface area contributed by atoms with Gasteiger partial charge in [-0.3, -0.25) is 0 Å². The third kappa shape index (κ3) is 2.79. The Morgan fingerprint density at radius 1 is 0.952 bits per heavy atom. The molecule has 114 valence electrons. The molecule has 2 aliphatic heterocycles. The van der Waals surface area contributed by atoms with Crippen LogP contribution in [0.1, 0.15) is 47.0 Å². The summed E-state index contributed by atoms with van der Waals surface area (Å²) >= 11 is 0. The van der Waals surface area contributed by atoms with E-state index in [-0.39, 0.29) is 11.2 Å². The highest BCUT2D eigenvalue weighted by Gasteiger charge is 2.52. The van der Waals surface area contributed by atoms with Crippen LogP contribution in [0, 0.1) is 0 Å². The SMILES string of the molecule is CC1(C)OB(c2ccc(N3CCCCC3)nn2)OC1(C)C. The zero-order valence-electron chi connectivity index (χ0n) is 13.4. The predicted molar refractivity (Wildman–Crippen MR) is 83.8 cm³/mol. The summed E-state index contributed by atoms with van der Waals surface area (Å²) in [6, 6.07) is 4.00. The molecule has 21 heavy (non-hydrogen) atoms. The van der Waals surface area contributed by atoms with Gasteiger partial charge in [0, 0.05) is 13.1 Å². The number of rotatable bonds is 2. The van der Waals surface area contributed by atoms with E-state index >= 15 is 0 Å². The molecule has 0 N–H and O–H groups in total. The summed E-state index contributed by atoms with van der Waals surface area (Å²) in [7, 11) is -0.432. The van der Waals surface area contributed by atoms with Crippen molar-refractivity contribution in [3.05, 3.63) is 12.1 Å². The van der Waals surface area contributed by atoms with Crippen LogP contribution in [0.4, 0.5) is 5.82 Å². The molecule has 0 aromatic carbocycles. The summed E-state index contributed by atoms with van der Waals surface area (Å²) in [5.41, 5.74) is 0.0601. The number of aromatic nitrogens is 2. The second-order valence-corrected chi connectivity index (χ2v) is 6.95. The van der Waals surface area contributed by atoms with Gasteiger partial charge in [-0.05, 0) is 59.1 Å². The average molecular weight is 289 g/mol. The monoisotopic (exact) mass is 289 g/mol. The number of nitrogens with zero attached hydrogens (tertiary/aromatic N) is 3. The van der Waals surface area contributed by atoms with E-state index in [0.717, 1.165) is 24.5 Å². The van der Waals surface area contributed by atoms with Gasteiger partial charge in [-0.2, -0.15) is 5.10 Å². The van der Waals surface area contributed by atoms with Crippen molar-refractivity contribution in [3.63, 3.8) is 0 Å². The van der Waals surface area contributed by atoms with Gasteiger partial charge in [-0.1, -0.05) is 0 Å². The summed E-state index contributed by atoms with van der Waals surface area (Å²) in [4.78, 5) is 2.30. The van der Waals surface area contributed by atoms with Gasteiger partial charge in [0.05, 0.1) is 16.8 Å². The van der Waals surface area contributed by atoms with Crippen LogP contribution in [0.2, 0.25) is 0 Å². The molecule has 2 saturated heterocycles. The molecule has 0 spiro atoms. The van der Waals surface area contributed by atoms with Crippen LogP contribution in [0.25, 0.3) is 0 Å². The van der Waals surface area contributed by atoms with Gasteiger partial charge in [0.25, 0.3) is 0 Å². The molecule has 0 amide bonds. The fourth-order valence-electron chi connectivity index (χ4n) is 2.72. The maximum atomic E-state index is 6.00. The van der Waals surface area contributed by atoms with E-state index < -0.39 is 7.12 Å². The molecule has 3 heterocycles. The normalized spacial score (nSPS) is 24.4. The standard InChI is InChI=1S/C15H24BN3O2/c1-14(2)15(3,4)21-16(20-14)12-8-9-13(18-17-12)19-10-6-5-7-11-19/h8-9H,5-7,10-11H2,1-4H3. The maximum absolute atomic E-state index is 6.00. The third-order valence-electron chi connectivity index (χ3n) is 4.85. The van der Waals surface area contributed by atoms with Gasteiger partial charge >= 0.3 is 7.12 Å². The van der Waals surface area contributed by atoms with Crippen LogP contribution < -0.4 is 10.5 Å². The summed E-state index contributed by atoms with van der Waals surface area (Å²) in [6.45, 7) is 10.3. The van der Waals surface area contributed by atoms with Gasteiger partial charge in [-0.15, -0.1) is 5.10 Å². The van der Waals surface area contributed by atoms with E-state index in [1.807, 2.05) is 39.8 Å². The van der Waals surface area contributed by atoms with E-state index in [4.69, 9.17) is 9.31 Å². The number of anilines is 1. The van der Waals surface area contributed by atoms with Crippen molar-refractivity contribution < 1.29 is 9.31 Å². The molecular weight excluding hydrogens is 265 g/mol. The minimum absolute atomic E-state index is 0.342. The summed E-state index contributed by atoms with van der Waals surface area (Å²) in [5.74, 6) is 0.954. The molecule has 0 bridgehead atoms. The topological polar surface area (TPSA) is 47.5 Å². The van der Waals surface area contributed by atoms with Gasteiger partial charge < -0.3 is 14.2 Å². The van der Waals surface area contributed by atoms with E-state index in [9.17, 15) is 0 Å². The Labute approximate surface area is 127 Å². The minimum atomic E-state index is -0.432. The second-order valence-electron chi connectivity index (χ2n) is 6.95. The quantitative estimate of drug-likeness (QED) is 0.776. The summed E-state index contributed by atoms with van der Waals surface area (Å²) in [5, 5.41) is 8.68. The lowest BCUT2D eigenvalue weighted by molar-refractivity contribution is 0.00578. The smallest absolute Gasteiger partial charge is 0.398 e. The zero-order chi connectivity index (χ0) is 15.1. The summed E-state index contributed by atoms with van der Waals surface area (Å²) in [6.07, 6.45) is 3.79. The highest BCUT2D eigenvalue weighted by molar-refractivity contribution is 6.61. The molecule has 2 fully saturated rings. The first kappa shape index (κ1) is 14.8. The molecule has 2 aliphatic rings. The van der Waals surface area contributed by atoms with Gasteiger partial charge in [0.15, 0.2) is 5.82 Å². The Bertz CT molecular complexity index is 482. The van der Waals surface area contributed by atoms with Gasteiger partial charge in [0.2, 0.25) is 0 Å². The first-order valence-electron chi connectivity index (χ1n) is 7.83. The molecule has 6 heteroatoms. The van der Waals surface area contributed by atoms with Crippen molar-refractivity contribution in [2.45, 2.75) is 58.2 Å². The number of hydrogen-bond donors (Lipinski definition) is 0. The van der Waals surface area contributed by atoms with Crippen molar-refractivity contribution in [3.8, 4) is 0 Å².